The number of aliphatic hydroxyl groups excluding tert-OH is 1. The molecule has 0 saturated carbocycles. The zero-order chi connectivity index (χ0) is 12.4. The van der Waals surface area contributed by atoms with E-state index in [4.69, 9.17) is 0 Å². The molecule has 0 aromatic carbocycles. The Labute approximate surface area is 103 Å². The van der Waals surface area contributed by atoms with Crippen LogP contribution in [0.1, 0.15) is 39.0 Å². The van der Waals surface area contributed by atoms with Crippen molar-refractivity contribution in [3.05, 3.63) is 24.0 Å². The minimum atomic E-state index is -0.481. The van der Waals surface area contributed by atoms with Crippen molar-refractivity contribution in [3.63, 3.8) is 0 Å². The summed E-state index contributed by atoms with van der Waals surface area (Å²) in [7, 11) is 0. The molecule has 2 heterocycles. The number of rotatable bonds is 3. The molecule has 1 aromatic rings. The van der Waals surface area contributed by atoms with Crippen LogP contribution in [0.2, 0.25) is 0 Å². The van der Waals surface area contributed by atoms with Gasteiger partial charge in [-0.2, -0.15) is 0 Å². The van der Waals surface area contributed by atoms with E-state index >= 15 is 0 Å². The van der Waals surface area contributed by atoms with Crippen LogP contribution < -0.4 is 4.90 Å². The predicted molar refractivity (Wildman–Crippen MR) is 70.0 cm³/mol. The van der Waals surface area contributed by atoms with Crippen LogP contribution in [0.5, 0.6) is 0 Å². The average molecular weight is 234 g/mol. The van der Waals surface area contributed by atoms with Crippen molar-refractivity contribution < 1.29 is 5.11 Å². The summed E-state index contributed by atoms with van der Waals surface area (Å²) in [5.41, 5.74) is 1.92. The lowest BCUT2D eigenvalue weighted by atomic mass is 9.95. The molecule has 1 aromatic heterocycles. The lowest BCUT2D eigenvalue weighted by molar-refractivity contribution is 0.194. The SMILES string of the molecule is CC(C)C1CCN(c2ccc([C@H](C)O)nc2)C1. The summed E-state index contributed by atoms with van der Waals surface area (Å²) >= 11 is 0. The van der Waals surface area contributed by atoms with Gasteiger partial charge in [-0.25, -0.2) is 0 Å². The van der Waals surface area contributed by atoms with Crippen molar-refractivity contribution in [3.8, 4) is 0 Å². The number of nitrogens with zero attached hydrogens (tertiary/aromatic N) is 2. The van der Waals surface area contributed by atoms with Gasteiger partial charge in [0.1, 0.15) is 0 Å². The molecule has 0 radical (unpaired) electrons. The van der Waals surface area contributed by atoms with Crippen LogP contribution in [0.4, 0.5) is 5.69 Å². The Kier molecular flexibility index (Phi) is 3.67. The first-order valence-corrected chi connectivity index (χ1v) is 6.47. The fraction of sp³-hybridized carbons (Fsp3) is 0.643. The number of aliphatic hydroxyl groups is 1. The van der Waals surface area contributed by atoms with Gasteiger partial charge >= 0.3 is 0 Å². The van der Waals surface area contributed by atoms with Crippen LogP contribution in [0, 0.1) is 11.8 Å². The molecular formula is C14H22N2O. The first kappa shape index (κ1) is 12.4. The normalized spacial score (nSPS) is 22.2. The summed E-state index contributed by atoms with van der Waals surface area (Å²) in [4.78, 5) is 6.69. The Morgan fingerprint density at radius 3 is 2.59 bits per heavy atom. The zero-order valence-electron chi connectivity index (χ0n) is 10.9. The summed E-state index contributed by atoms with van der Waals surface area (Å²) in [5.74, 6) is 1.55. The minimum absolute atomic E-state index is 0.481. The van der Waals surface area contributed by atoms with E-state index in [9.17, 15) is 5.11 Å². The summed E-state index contributed by atoms with van der Waals surface area (Å²) in [6.07, 6.45) is 2.67. The van der Waals surface area contributed by atoms with Crippen molar-refractivity contribution in [2.75, 3.05) is 18.0 Å². The molecule has 1 aliphatic rings. The molecule has 0 spiro atoms. The number of pyridine rings is 1. The monoisotopic (exact) mass is 234 g/mol. The van der Waals surface area contributed by atoms with Gasteiger partial charge in [-0.15, -0.1) is 0 Å². The Morgan fingerprint density at radius 1 is 1.35 bits per heavy atom. The van der Waals surface area contributed by atoms with E-state index < -0.39 is 6.10 Å². The molecule has 1 aliphatic heterocycles. The van der Waals surface area contributed by atoms with Crippen LogP contribution in [-0.2, 0) is 0 Å². The third-order valence-electron chi connectivity index (χ3n) is 3.73. The fourth-order valence-electron chi connectivity index (χ4n) is 2.40. The highest BCUT2D eigenvalue weighted by Gasteiger charge is 2.25. The summed E-state index contributed by atoms with van der Waals surface area (Å²) in [5, 5.41) is 9.42. The van der Waals surface area contributed by atoms with E-state index in [1.54, 1.807) is 6.92 Å². The van der Waals surface area contributed by atoms with E-state index in [-0.39, 0.29) is 0 Å². The van der Waals surface area contributed by atoms with Gasteiger partial charge in [0.05, 0.1) is 23.7 Å². The Hall–Kier alpha value is -1.09. The van der Waals surface area contributed by atoms with E-state index in [0.29, 0.717) is 0 Å². The first-order valence-electron chi connectivity index (χ1n) is 6.47. The highest BCUT2D eigenvalue weighted by molar-refractivity contribution is 5.45. The van der Waals surface area contributed by atoms with E-state index in [1.807, 2.05) is 12.3 Å². The summed E-state index contributed by atoms with van der Waals surface area (Å²) in [6, 6.07) is 3.99. The minimum Gasteiger partial charge on any atom is -0.387 e. The third kappa shape index (κ3) is 2.78. The van der Waals surface area contributed by atoms with Gasteiger partial charge in [0.15, 0.2) is 0 Å². The lowest BCUT2D eigenvalue weighted by Crippen LogP contribution is -2.21. The number of anilines is 1. The largest absolute Gasteiger partial charge is 0.387 e. The van der Waals surface area contributed by atoms with E-state index in [2.05, 4.69) is 29.8 Å². The summed E-state index contributed by atoms with van der Waals surface area (Å²) < 4.78 is 0. The van der Waals surface area contributed by atoms with Crippen LogP contribution in [0.15, 0.2) is 18.3 Å². The molecule has 1 unspecified atom stereocenters. The van der Waals surface area contributed by atoms with E-state index in [0.717, 1.165) is 30.6 Å². The van der Waals surface area contributed by atoms with Crippen molar-refractivity contribution >= 4 is 5.69 Å². The van der Waals surface area contributed by atoms with Gasteiger partial charge < -0.3 is 10.0 Å². The molecule has 1 fully saturated rings. The molecule has 0 aliphatic carbocycles. The van der Waals surface area contributed by atoms with Crippen molar-refractivity contribution in [2.24, 2.45) is 11.8 Å². The quantitative estimate of drug-likeness (QED) is 0.873. The molecule has 94 valence electrons. The van der Waals surface area contributed by atoms with Crippen LogP contribution in [0.3, 0.4) is 0 Å². The van der Waals surface area contributed by atoms with Gasteiger partial charge in [0.2, 0.25) is 0 Å². The highest BCUT2D eigenvalue weighted by Crippen LogP contribution is 2.28. The second kappa shape index (κ2) is 5.05. The molecule has 3 heteroatoms. The van der Waals surface area contributed by atoms with Gasteiger partial charge in [0, 0.05) is 13.1 Å². The average Bonchev–Trinajstić information content (AvgIpc) is 2.78. The molecule has 1 N–H and O–H groups in total. The van der Waals surface area contributed by atoms with Crippen LogP contribution in [-0.4, -0.2) is 23.2 Å². The lowest BCUT2D eigenvalue weighted by Gasteiger charge is -2.20. The van der Waals surface area contributed by atoms with Crippen molar-refractivity contribution in [2.45, 2.75) is 33.3 Å². The van der Waals surface area contributed by atoms with Crippen LogP contribution >= 0.6 is 0 Å². The first-order chi connectivity index (χ1) is 8.08. The van der Waals surface area contributed by atoms with Gasteiger partial charge in [0.25, 0.3) is 0 Å². The molecule has 17 heavy (non-hydrogen) atoms. The Morgan fingerprint density at radius 2 is 2.12 bits per heavy atom. The number of aromatic nitrogens is 1. The van der Waals surface area contributed by atoms with Crippen molar-refractivity contribution in [1.82, 2.24) is 4.98 Å². The molecular weight excluding hydrogens is 212 g/mol. The molecule has 1 saturated heterocycles. The molecule has 0 amide bonds. The van der Waals surface area contributed by atoms with Gasteiger partial charge in [-0.1, -0.05) is 13.8 Å². The Bertz CT molecular complexity index is 359. The molecule has 3 nitrogen and oxygen atoms in total. The molecule has 2 atom stereocenters. The molecule has 0 bridgehead atoms. The topological polar surface area (TPSA) is 36.4 Å². The maximum Gasteiger partial charge on any atom is 0.0931 e. The maximum absolute atomic E-state index is 9.42. The standard InChI is InChI=1S/C14H22N2O/c1-10(2)12-6-7-16(9-12)13-4-5-14(11(3)17)15-8-13/h4-5,8,10-12,17H,6-7,9H2,1-3H3/t11-,12?/m0/s1. The van der Waals surface area contributed by atoms with Gasteiger partial charge in [-0.05, 0) is 37.3 Å². The summed E-state index contributed by atoms with van der Waals surface area (Å²) in [6.45, 7) is 8.59. The zero-order valence-corrected chi connectivity index (χ0v) is 10.9. The third-order valence-corrected chi connectivity index (χ3v) is 3.73. The second-order valence-corrected chi connectivity index (χ2v) is 5.36. The van der Waals surface area contributed by atoms with Crippen LogP contribution in [0.25, 0.3) is 0 Å². The number of hydrogen-bond donors (Lipinski definition) is 1. The van der Waals surface area contributed by atoms with E-state index in [1.165, 1.54) is 12.1 Å². The smallest absolute Gasteiger partial charge is 0.0931 e. The predicted octanol–water partition coefficient (Wildman–Crippen LogP) is 2.62. The Balaban J connectivity index is 2.04. The fourth-order valence-corrected chi connectivity index (χ4v) is 2.40. The number of hydrogen-bond acceptors (Lipinski definition) is 3. The second-order valence-electron chi connectivity index (χ2n) is 5.36. The molecule has 2 rings (SSSR count). The van der Waals surface area contributed by atoms with Crippen molar-refractivity contribution in [1.29, 1.82) is 0 Å². The highest BCUT2D eigenvalue weighted by atomic mass is 16.3. The maximum atomic E-state index is 9.42. The van der Waals surface area contributed by atoms with Gasteiger partial charge in [-0.3, -0.25) is 4.98 Å².